The van der Waals surface area contributed by atoms with Gasteiger partial charge in [0.25, 0.3) is 5.91 Å². The van der Waals surface area contributed by atoms with Crippen LogP contribution in [0.4, 0.5) is 0 Å². The molecule has 0 heterocycles. The van der Waals surface area contributed by atoms with Crippen molar-refractivity contribution in [1.29, 1.82) is 0 Å². The number of carboxylic acid groups (broad SMARTS) is 1. The second-order valence-corrected chi connectivity index (χ2v) is 6.38. The number of nitrogens with one attached hydrogen (secondary N) is 1. The Kier molecular flexibility index (Phi) is 5.79. The number of amides is 1. The van der Waals surface area contributed by atoms with Crippen LogP contribution < -0.4 is 5.32 Å². The first kappa shape index (κ1) is 16.8. The van der Waals surface area contributed by atoms with Crippen LogP contribution in [0.2, 0.25) is 5.02 Å². The van der Waals surface area contributed by atoms with Gasteiger partial charge in [0.1, 0.15) is 6.04 Å². The van der Waals surface area contributed by atoms with Crippen LogP contribution in [0.15, 0.2) is 48.5 Å². The summed E-state index contributed by atoms with van der Waals surface area (Å²) < 4.78 is 1.07. The minimum Gasteiger partial charge on any atom is -0.480 e. The molecule has 1 atom stereocenters. The maximum atomic E-state index is 12.1. The van der Waals surface area contributed by atoms with Gasteiger partial charge >= 0.3 is 5.97 Å². The molecular formula is C16H13ClINO3. The highest BCUT2D eigenvalue weighted by Crippen LogP contribution is 2.11. The molecule has 0 unspecified atom stereocenters. The Morgan fingerprint density at radius 3 is 2.23 bits per heavy atom. The van der Waals surface area contributed by atoms with E-state index in [-0.39, 0.29) is 6.42 Å². The first-order chi connectivity index (χ1) is 10.5. The average molecular weight is 430 g/mol. The minimum atomic E-state index is -1.07. The monoisotopic (exact) mass is 429 g/mol. The highest BCUT2D eigenvalue weighted by molar-refractivity contribution is 14.1. The summed E-state index contributed by atoms with van der Waals surface area (Å²) in [5.74, 6) is -1.50. The third kappa shape index (κ3) is 4.71. The molecule has 0 saturated carbocycles. The van der Waals surface area contributed by atoms with Crippen LogP contribution in [-0.4, -0.2) is 23.0 Å². The number of rotatable bonds is 5. The standard InChI is InChI=1S/C16H13ClINO3/c17-12-5-3-11(4-6-12)15(20)19-14(16(21)22)9-10-1-7-13(18)8-2-10/h1-8,14H,9H2,(H,19,20)(H,21,22)/t14-/m1/s1. The normalized spacial score (nSPS) is 11.7. The number of aliphatic carboxylic acids is 1. The van der Waals surface area contributed by atoms with Crippen LogP contribution in [0.3, 0.4) is 0 Å². The van der Waals surface area contributed by atoms with E-state index in [2.05, 4.69) is 27.9 Å². The van der Waals surface area contributed by atoms with Gasteiger partial charge in [-0.25, -0.2) is 4.79 Å². The maximum absolute atomic E-state index is 12.1. The summed E-state index contributed by atoms with van der Waals surface area (Å²) in [6.07, 6.45) is 0.228. The van der Waals surface area contributed by atoms with E-state index in [9.17, 15) is 14.7 Å². The van der Waals surface area contributed by atoms with E-state index < -0.39 is 17.9 Å². The number of hydrogen-bond acceptors (Lipinski definition) is 2. The second kappa shape index (κ2) is 7.60. The van der Waals surface area contributed by atoms with E-state index in [1.165, 1.54) is 0 Å². The van der Waals surface area contributed by atoms with Crippen molar-refractivity contribution < 1.29 is 14.7 Å². The highest BCUT2D eigenvalue weighted by Gasteiger charge is 2.21. The lowest BCUT2D eigenvalue weighted by molar-refractivity contribution is -0.139. The summed E-state index contributed by atoms with van der Waals surface area (Å²) in [6, 6.07) is 12.8. The van der Waals surface area contributed by atoms with Gasteiger partial charge in [0, 0.05) is 20.6 Å². The molecule has 6 heteroatoms. The van der Waals surface area contributed by atoms with Crippen molar-refractivity contribution in [3.8, 4) is 0 Å². The van der Waals surface area contributed by atoms with E-state index in [1.54, 1.807) is 24.3 Å². The van der Waals surface area contributed by atoms with Gasteiger partial charge in [0.05, 0.1) is 0 Å². The van der Waals surface area contributed by atoms with E-state index in [0.29, 0.717) is 10.6 Å². The molecule has 0 radical (unpaired) electrons. The van der Waals surface area contributed by atoms with E-state index in [1.807, 2.05) is 24.3 Å². The quantitative estimate of drug-likeness (QED) is 0.716. The molecule has 0 fully saturated rings. The number of halogens is 2. The van der Waals surface area contributed by atoms with E-state index in [4.69, 9.17) is 11.6 Å². The van der Waals surface area contributed by atoms with Crippen LogP contribution >= 0.6 is 34.2 Å². The molecule has 0 aliphatic heterocycles. The van der Waals surface area contributed by atoms with Crippen molar-refractivity contribution in [3.63, 3.8) is 0 Å². The lowest BCUT2D eigenvalue weighted by Crippen LogP contribution is -2.42. The molecule has 0 bridgehead atoms. The number of carboxylic acids is 1. The Hall–Kier alpha value is -1.60. The molecule has 2 rings (SSSR count). The molecule has 114 valence electrons. The van der Waals surface area contributed by atoms with Gasteiger partial charge in [-0.2, -0.15) is 0 Å². The third-order valence-corrected chi connectivity index (χ3v) is 4.03. The van der Waals surface area contributed by atoms with Gasteiger partial charge in [-0.05, 0) is 64.6 Å². The minimum absolute atomic E-state index is 0.228. The number of benzene rings is 2. The topological polar surface area (TPSA) is 66.4 Å². The lowest BCUT2D eigenvalue weighted by atomic mass is 10.1. The molecular weight excluding hydrogens is 417 g/mol. The first-order valence-corrected chi connectivity index (χ1v) is 7.95. The van der Waals surface area contributed by atoms with Crippen molar-refractivity contribution in [2.75, 3.05) is 0 Å². The SMILES string of the molecule is O=C(N[C@H](Cc1ccc(I)cc1)C(=O)O)c1ccc(Cl)cc1. The van der Waals surface area contributed by atoms with Gasteiger partial charge < -0.3 is 10.4 Å². The summed E-state index contributed by atoms with van der Waals surface area (Å²) in [5, 5.41) is 12.3. The molecule has 0 spiro atoms. The molecule has 2 N–H and O–H groups in total. The number of carbonyl (C=O) groups excluding carboxylic acids is 1. The molecule has 0 saturated heterocycles. The number of carbonyl (C=O) groups is 2. The Labute approximate surface area is 146 Å². The summed E-state index contributed by atoms with van der Waals surface area (Å²) in [7, 11) is 0. The zero-order valence-corrected chi connectivity index (χ0v) is 14.3. The van der Waals surface area contributed by atoms with Crippen LogP contribution in [0.1, 0.15) is 15.9 Å². The average Bonchev–Trinajstić information content (AvgIpc) is 2.49. The Bertz CT molecular complexity index is 671. The fourth-order valence-corrected chi connectivity index (χ4v) is 2.38. The summed E-state index contributed by atoms with van der Waals surface area (Å²) in [4.78, 5) is 23.5. The van der Waals surface area contributed by atoms with Crippen molar-refractivity contribution in [1.82, 2.24) is 5.32 Å². The second-order valence-electron chi connectivity index (χ2n) is 4.70. The van der Waals surface area contributed by atoms with Gasteiger partial charge in [0.15, 0.2) is 0 Å². The molecule has 2 aromatic rings. The smallest absolute Gasteiger partial charge is 0.326 e. The molecule has 1 amide bonds. The molecule has 0 aliphatic rings. The van der Waals surface area contributed by atoms with Crippen molar-refractivity contribution >= 4 is 46.1 Å². The van der Waals surface area contributed by atoms with Crippen molar-refractivity contribution in [3.05, 3.63) is 68.3 Å². The van der Waals surface area contributed by atoms with E-state index >= 15 is 0 Å². The summed E-state index contributed by atoms with van der Waals surface area (Å²) >= 11 is 7.94. The van der Waals surface area contributed by atoms with Crippen LogP contribution in [0.25, 0.3) is 0 Å². The number of hydrogen-bond donors (Lipinski definition) is 2. The maximum Gasteiger partial charge on any atom is 0.326 e. The van der Waals surface area contributed by atoms with Gasteiger partial charge in [-0.3, -0.25) is 4.79 Å². The largest absolute Gasteiger partial charge is 0.480 e. The predicted molar refractivity (Wildman–Crippen MR) is 93.2 cm³/mol. The Morgan fingerprint density at radius 1 is 1.09 bits per heavy atom. The molecule has 4 nitrogen and oxygen atoms in total. The summed E-state index contributed by atoms with van der Waals surface area (Å²) in [5.41, 5.74) is 1.22. The Morgan fingerprint density at radius 2 is 1.68 bits per heavy atom. The predicted octanol–water partition coefficient (Wildman–Crippen LogP) is 3.37. The molecule has 22 heavy (non-hydrogen) atoms. The zero-order chi connectivity index (χ0) is 16.1. The lowest BCUT2D eigenvalue weighted by Gasteiger charge is -2.15. The fraction of sp³-hybridized carbons (Fsp3) is 0.125. The van der Waals surface area contributed by atoms with Gasteiger partial charge in [-0.15, -0.1) is 0 Å². The zero-order valence-electron chi connectivity index (χ0n) is 11.4. The van der Waals surface area contributed by atoms with Crippen LogP contribution in [0, 0.1) is 3.57 Å². The Balaban J connectivity index is 2.08. The van der Waals surface area contributed by atoms with Crippen LogP contribution in [-0.2, 0) is 11.2 Å². The van der Waals surface area contributed by atoms with E-state index in [0.717, 1.165) is 9.13 Å². The van der Waals surface area contributed by atoms with Gasteiger partial charge in [0.2, 0.25) is 0 Å². The highest BCUT2D eigenvalue weighted by atomic mass is 127. The van der Waals surface area contributed by atoms with Crippen molar-refractivity contribution in [2.24, 2.45) is 0 Å². The first-order valence-electron chi connectivity index (χ1n) is 6.49. The van der Waals surface area contributed by atoms with Gasteiger partial charge in [-0.1, -0.05) is 23.7 Å². The van der Waals surface area contributed by atoms with Crippen LogP contribution in [0.5, 0.6) is 0 Å². The molecule has 2 aromatic carbocycles. The van der Waals surface area contributed by atoms with Crippen molar-refractivity contribution in [2.45, 2.75) is 12.5 Å². The molecule has 0 aromatic heterocycles. The fourth-order valence-electron chi connectivity index (χ4n) is 1.90. The summed E-state index contributed by atoms with van der Waals surface area (Å²) in [6.45, 7) is 0. The molecule has 0 aliphatic carbocycles. The third-order valence-electron chi connectivity index (χ3n) is 3.06.